The van der Waals surface area contributed by atoms with Crippen molar-refractivity contribution in [3.8, 4) is 0 Å². The number of carbonyl (C=O) groups excluding carboxylic acids is 2. The van der Waals surface area contributed by atoms with Crippen molar-refractivity contribution in [2.24, 2.45) is 0 Å². The number of carboxylic acids is 1. The number of unbranched alkanes of at least 4 members (excludes halogenated alkanes) is 1. The van der Waals surface area contributed by atoms with Gasteiger partial charge in [0.1, 0.15) is 5.78 Å². The van der Waals surface area contributed by atoms with Crippen molar-refractivity contribution in [2.45, 2.75) is 50.2 Å². The van der Waals surface area contributed by atoms with E-state index in [0.29, 0.717) is 17.2 Å². The molecule has 0 aliphatic carbocycles. The highest BCUT2D eigenvalue weighted by Crippen LogP contribution is 2.49. The number of carboxylic acid groups (broad SMARTS) is 1. The number of ketones is 1. The fraction of sp³-hybridized carbons (Fsp3) is 0.667. The number of ether oxygens (including phenoxy) is 1. The van der Waals surface area contributed by atoms with E-state index in [1.165, 1.54) is 12.2 Å². The summed E-state index contributed by atoms with van der Waals surface area (Å²) in [6.45, 7) is 2.29. The number of hydrogen-bond acceptors (Lipinski definition) is 6. The zero-order valence-corrected chi connectivity index (χ0v) is 14.3. The van der Waals surface area contributed by atoms with Gasteiger partial charge in [-0.3, -0.25) is 4.79 Å². The molecule has 0 spiro atoms. The van der Waals surface area contributed by atoms with E-state index in [1.54, 1.807) is 0 Å². The molecule has 7 heteroatoms. The number of carbonyl (C=O) groups is 3. The molecule has 0 amide bonds. The average Bonchev–Trinajstić information content (AvgIpc) is 2.88. The Balaban J connectivity index is 2.04. The molecule has 1 aliphatic rings. The van der Waals surface area contributed by atoms with Gasteiger partial charge >= 0.3 is 11.9 Å². The molecule has 1 N–H and O–H groups in total. The van der Waals surface area contributed by atoms with Gasteiger partial charge in [0, 0.05) is 35.5 Å². The molecule has 5 nitrogen and oxygen atoms in total. The SMILES string of the molecule is C[C@@]1(CCCCC(=O)CCOC(=O)/C=C/C(=O)O)CCSS1. The van der Waals surface area contributed by atoms with Crippen LogP contribution in [-0.4, -0.2) is 39.9 Å². The van der Waals surface area contributed by atoms with Crippen molar-refractivity contribution in [1.82, 2.24) is 0 Å². The topological polar surface area (TPSA) is 80.7 Å². The fourth-order valence-electron chi connectivity index (χ4n) is 2.05. The molecule has 1 aliphatic heterocycles. The standard InChI is InChI=1S/C15H22O5S2/c1-15(9-11-21-22-15)8-3-2-4-12(16)7-10-20-14(19)6-5-13(17)18/h5-6H,2-4,7-11H2,1H3,(H,17,18)/b6-5+/t15-/m1/s1. The highest BCUT2D eigenvalue weighted by molar-refractivity contribution is 8.77. The molecule has 0 saturated carbocycles. The van der Waals surface area contributed by atoms with Crippen molar-refractivity contribution in [3.05, 3.63) is 12.2 Å². The van der Waals surface area contributed by atoms with Gasteiger partial charge in [-0.2, -0.15) is 0 Å². The Morgan fingerprint density at radius 1 is 1.23 bits per heavy atom. The van der Waals surface area contributed by atoms with Crippen LogP contribution in [0.5, 0.6) is 0 Å². The molecule has 1 atom stereocenters. The number of esters is 1. The Labute approximate surface area is 138 Å². The maximum atomic E-state index is 11.7. The highest BCUT2D eigenvalue weighted by Gasteiger charge is 2.29. The molecule has 124 valence electrons. The molecule has 1 fully saturated rings. The van der Waals surface area contributed by atoms with Crippen molar-refractivity contribution in [2.75, 3.05) is 12.4 Å². The summed E-state index contributed by atoms with van der Waals surface area (Å²) in [6, 6.07) is 0. The Morgan fingerprint density at radius 3 is 2.64 bits per heavy atom. The summed E-state index contributed by atoms with van der Waals surface area (Å²) < 4.78 is 5.11. The van der Waals surface area contributed by atoms with Crippen molar-refractivity contribution in [3.63, 3.8) is 0 Å². The van der Waals surface area contributed by atoms with Gasteiger partial charge in [0.05, 0.1) is 6.61 Å². The number of hydrogen-bond donors (Lipinski definition) is 1. The lowest BCUT2D eigenvalue weighted by Gasteiger charge is -2.20. The van der Waals surface area contributed by atoms with Gasteiger partial charge in [-0.1, -0.05) is 28.0 Å². The van der Waals surface area contributed by atoms with E-state index < -0.39 is 11.9 Å². The quantitative estimate of drug-likeness (QED) is 0.281. The molecule has 0 radical (unpaired) electrons. The Hall–Kier alpha value is -0.950. The van der Waals surface area contributed by atoms with Crippen LogP contribution in [-0.2, 0) is 19.1 Å². The van der Waals surface area contributed by atoms with E-state index in [1.807, 2.05) is 21.6 Å². The second-order valence-corrected chi connectivity index (χ2v) is 8.44. The molecule has 0 aromatic rings. The third-order valence-corrected chi connectivity index (χ3v) is 6.73. The van der Waals surface area contributed by atoms with Crippen LogP contribution < -0.4 is 0 Å². The van der Waals surface area contributed by atoms with Crippen molar-refractivity contribution < 1.29 is 24.2 Å². The highest BCUT2D eigenvalue weighted by atomic mass is 33.1. The Bertz CT molecular complexity index is 428. The molecular formula is C15H22O5S2. The molecule has 0 aromatic heterocycles. The zero-order chi connectivity index (χ0) is 16.4. The molecule has 0 bridgehead atoms. The first-order valence-electron chi connectivity index (χ1n) is 7.31. The fourth-order valence-corrected chi connectivity index (χ4v) is 5.35. The number of Topliss-reactive ketones (excluding diaryl/α,β-unsaturated/α-hetero) is 1. The van der Waals surface area contributed by atoms with Gasteiger partial charge in [-0.25, -0.2) is 9.59 Å². The summed E-state index contributed by atoms with van der Waals surface area (Å²) in [5.74, 6) is -0.657. The maximum Gasteiger partial charge on any atom is 0.331 e. The van der Waals surface area contributed by atoms with E-state index in [-0.39, 0.29) is 18.8 Å². The average molecular weight is 346 g/mol. The molecule has 22 heavy (non-hydrogen) atoms. The van der Waals surface area contributed by atoms with Crippen LogP contribution in [0.4, 0.5) is 0 Å². The predicted molar refractivity (Wildman–Crippen MR) is 88.9 cm³/mol. The van der Waals surface area contributed by atoms with Crippen LogP contribution in [0, 0.1) is 0 Å². The second kappa shape index (κ2) is 9.94. The van der Waals surface area contributed by atoms with Crippen LogP contribution in [0.2, 0.25) is 0 Å². The predicted octanol–water partition coefficient (Wildman–Crippen LogP) is 3.23. The summed E-state index contributed by atoms with van der Waals surface area (Å²) in [7, 11) is 3.88. The van der Waals surface area contributed by atoms with Crippen LogP contribution in [0.15, 0.2) is 12.2 Å². The van der Waals surface area contributed by atoms with Crippen LogP contribution in [0.1, 0.15) is 45.4 Å². The smallest absolute Gasteiger partial charge is 0.331 e. The zero-order valence-electron chi connectivity index (χ0n) is 12.7. The van der Waals surface area contributed by atoms with E-state index in [2.05, 4.69) is 6.92 Å². The second-order valence-electron chi connectivity index (χ2n) is 5.44. The normalized spacial score (nSPS) is 21.1. The van der Waals surface area contributed by atoms with Gasteiger partial charge in [-0.15, -0.1) is 0 Å². The minimum absolute atomic E-state index is 0.00579. The molecule has 1 saturated heterocycles. The molecule has 1 rings (SSSR count). The summed E-state index contributed by atoms with van der Waals surface area (Å²) in [6.07, 6.45) is 6.52. The van der Waals surface area contributed by atoms with Crippen LogP contribution in [0.25, 0.3) is 0 Å². The van der Waals surface area contributed by atoms with Crippen molar-refractivity contribution >= 4 is 39.3 Å². The third kappa shape index (κ3) is 8.48. The first-order chi connectivity index (χ1) is 10.4. The summed E-state index contributed by atoms with van der Waals surface area (Å²) >= 11 is 0. The van der Waals surface area contributed by atoms with Gasteiger partial charge in [0.25, 0.3) is 0 Å². The monoisotopic (exact) mass is 346 g/mol. The van der Waals surface area contributed by atoms with Crippen molar-refractivity contribution in [1.29, 1.82) is 0 Å². The molecule has 0 unspecified atom stereocenters. The molecular weight excluding hydrogens is 324 g/mol. The van der Waals surface area contributed by atoms with E-state index >= 15 is 0 Å². The molecule has 0 aromatic carbocycles. The Morgan fingerprint density at radius 2 is 2.00 bits per heavy atom. The van der Waals surface area contributed by atoms with E-state index in [0.717, 1.165) is 25.3 Å². The lowest BCUT2D eigenvalue weighted by atomic mass is 9.98. The summed E-state index contributed by atoms with van der Waals surface area (Å²) in [4.78, 5) is 32.9. The number of aliphatic carboxylic acids is 1. The first kappa shape index (κ1) is 19.1. The minimum atomic E-state index is -1.21. The molecule has 1 heterocycles. The van der Waals surface area contributed by atoms with Gasteiger partial charge in [0.15, 0.2) is 0 Å². The minimum Gasteiger partial charge on any atom is -0.478 e. The third-order valence-electron chi connectivity index (χ3n) is 3.37. The van der Waals surface area contributed by atoms with E-state index in [9.17, 15) is 14.4 Å². The summed E-state index contributed by atoms with van der Waals surface area (Å²) in [5.41, 5.74) is 0. The lowest BCUT2D eigenvalue weighted by Crippen LogP contribution is -2.15. The first-order valence-corrected chi connectivity index (χ1v) is 9.63. The van der Waals surface area contributed by atoms with Crippen LogP contribution >= 0.6 is 21.6 Å². The number of rotatable bonds is 10. The van der Waals surface area contributed by atoms with Crippen LogP contribution in [0.3, 0.4) is 0 Å². The summed E-state index contributed by atoms with van der Waals surface area (Å²) in [5, 5.41) is 8.34. The Kier molecular flexibility index (Phi) is 8.63. The van der Waals surface area contributed by atoms with Gasteiger partial charge < -0.3 is 9.84 Å². The van der Waals surface area contributed by atoms with Gasteiger partial charge in [-0.05, 0) is 26.2 Å². The maximum absolute atomic E-state index is 11.7. The largest absolute Gasteiger partial charge is 0.478 e. The van der Waals surface area contributed by atoms with E-state index in [4.69, 9.17) is 9.84 Å². The lowest BCUT2D eigenvalue weighted by molar-refractivity contribution is -0.139. The van der Waals surface area contributed by atoms with Gasteiger partial charge in [0.2, 0.25) is 0 Å².